The number of fused-ring (bicyclic) bond motifs is 2. The molecule has 1 amide bonds. The third-order valence-corrected chi connectivity index (χ3v) is 4.97. The Morgan fingerprint density at radius 1 is 1.07 bits per heavy atom. The van der Waals surface area contributed by atoms with Gasteiger partial charge in [0, 0.05) is 48.8 Å². The summed E-state index contributed by atoms with van der Waals surface area (Å²) in [6, 6.07) is 16.1. The van der Waals surface area contributed by atoms with Crippen molar-refractivity contribution in [1.82, 2.24) is 14.0 Å². The third kappa shape index (κ3) is 3.22. The summed E-state index contributed by atoms with van der Waals surface area (Å²) in [5, 5.41) is 5.21. The summed E-state index contributed by atoms with van der Waals surface area (Å²) in [6.45, 7) is 1.76. The molecule has 2 aromatic heterocycles. The molecule has 0 radical (unpaired) electrons. The van der Waals surface area contributed by atoms with Crippen LogP contribution in [0.2, 0.25) is 0 Å². The molecule has 138 valence electrons. The number of aryl methyl sites for hydroxylation is 1. The minimum Gasteiger partial charge on any atom is -0.349 e. The first kappa shape index (κ1) is 17.4. The van der Waals surface area contributed by atoms with E-state index in [1.54, 1.807) is 0 Å². The number of likely N-dealkylation sites (N-methyl/N-ethyl adjacent to an activating group) is 1. The van der Waals surface area contributed by atoms with E-state index in [9.17, 15) is 4.79 Å². The molecule has 0 saturated carbocycles. The molecule has 0 aliphatic heterocycles. The maximum absolute atomic E-state index is 13.1. The number of hydrogen-bond donors (Lipinski definition) is 1. The van der Waals surface area contributed by atoms with Crippen molar-refractivity contribution in [3.63, 3.8) is 0 Å². The normalized spacial score (nSPS) is 11.6. The van der Waals surface area contributed by atoms with Crippen LogP contribution < -0.4 is 5.32 Å². The third-order valence-electron chi connectivity index (χ3n) is 4.97. The highest BCUT2D eigenvalue weighted by molar-refractivity contribution is 6.15. The number of benzene rings is 2. The van der Waals surface area contributed by atoms with Crippen molar-refractivity contribution in [2.45, 2.75) is 6.54 Å². The second-order valence-corrected chi connectivity index (χ2v) is 7.18. The molecule has 0 bridgehead atoms. The van der Waals surface area contributed by atoms with Crippen LogP contribution in [0, 0.1) is 0 Å². The second kappa shape index (κ2) is 6.93. The number of carbonyl (C=O) groups is 1. The van der Waals surface area contributed by atoms with Gasteiger partial charge in [-0.1, -0.05) is 30.3 Å². The molecule has 0 aliphatic carbocycles. The molecular weight excluding hydrogens is 336 g/mol. The summed E-state index contributed by atoms with van der Waals surface area (Å²) in [5.41, 5.74) is 3.65. The molecule has 1 N–H and O–H groups in total. The highest BCUT2D eigenvalue weighted by atomic mass is 16.1. The Morgan fingerprint density at radius 3 is 2.70 bits per heavy atom. The number of carbonyl (C=O) groups excluding carboxylic acids is 1. The van der Waals surface area contributed by atoms with Crippen molar-refractivity contribution >= 4 is 33.4 Å². The summed E-state index contributed by atoms with van der Waals surface area (Å²) in [7, 11) is 6.10. The van der Waals surface area contributed by atoms with Gasteiger partial charge in [0.2, 0.25) is 0 Å². The molecule has 0 saturated heterocycles. The molecule has 0 fully saturated rings. The lowest BCUT2D eigenvalue weighted by atomic mass is 10.1. The number of anilines is 1. The fourth-order valence-electron chi connectivity index (χ4n) is 3.57. The van der Waals surface area contributed by atoms with E-state index in [0.29, 0.717) is 5.56 Å². The van der Waals surface area contributed by atoms with Gasteiger partial charge >= 0.3 is 0 Å². The average Bonchev–Trinajstić information content (AvgIpc) is 3.22. The molecule has 5 heteroatoms. The number of nitrogens with zero attached hydrogens (tertiary/aromatic N) is 3. The fourth-order valence-corrected chi connectivity index (χ4v) is 3.57. The summed E-state index contributed by atoms with van der Waals surface area (Å²) in [5.74, 6) is -0.0801. The quantitative estimate of drug-likeness (QED) is 0.586. The Labute approximate surface area is 158 Å². The van der Waals surface area contributed by atoms with Crippen LogP contribution in [-0.2, 0) is 13.6 Å². The van der Waals surface area contributed by atoms with Crippen molar-refractivity contribution in [3.05, 3.63) is 66.5 Å². The van der Waals surface area contributed by atoms with Crippen LogP contribution in [0.1, 0.15) is 10.4 Å². The first-order valence-corrected chi connectivity index (χ1v) is 9.12. The van der Waals surface area contributed by atoms with Crippen LogP contribution in [0.5, 0.6) is 0 Å². The largest absolute Gasteiger partial charge is 0.349 e. The van der Waals surface area contributed by atoms with Gasteiger partial charge in [0.25, 0.3) is 5.91 Å². The number of amides is 1. The van der Waals surface area contributed by atoms with Crippen molar-refractivity contribution in [2.24, 2.45) is 7.05 Å². The molecule has 2 aromatic carbocycles. The SMILES string of the molecule is CN(C)CCn1cc(C(=O)Nc2cccc3ccn(C)c23)c2ccccc21. The van der Waals surface area contributed by atoms with E-state index in [1.165, 1.54) is 0 Å². The maximum atomic E-state index is 13.1. The van der Waals surface area contributed by atoms with E-state index < -0.39 is 0 Å². The van der Waals surface area contributed by atoms with E-state index in [-0.39, 0.29) is 5.91 Å². The number of rotatable bonds is 5. The van der Waals surface area contributed by atoms with Gasteiger partial charge in [-0.2, -0.15) is 0 Å². The van der Waals surface area contributed by atoms with Crippen molar-refractivity contribution in [1.29, 1.82) is 0 Å². The topological polar surface area (TPSA) is 42.2 Å². The Morgan fingerprint density at radius 2 is 1.89 bits per heavy atom. The predicted octanol–water partition coefficient (Wildman–Crippen LogP) is 3.95. The lowest BCUT2D eigenvalue weighted by Gasteiger charge is -2.11. The number of hydrogen-bond acceptors (Lipinski definition) is 2. The van der Waals surface area contributed by atoms with Crippen LogP contribution in [0.4, 0.5) is 5.69 Å². The van der Waals surface area contributed by atoms with E-state index in [0.717, 1.165) is 40.6 Å². The Kier molecular flexibility index (Phi) is 4.46. The summed E-state index contributed by atoms with van der Waals surface area (Å²) < 4.78 is 4.19. The number of para-hydroxylation sites is 2. The monoisotopic (exact) mass is 360 g/mol. The van der Waals surface area contributed by atoms with Crippen LogP contribution in [-0.4, -0.2) is 40.6 Å². The minimum absolute atomic E-state index is 0.0801. The van der Waals surface area contributed by atoms with E-state index in [4.69, 9.17) is 0 Å². The van der Waals surface area contributed by atoms with Gasteiger partial charge in [-0.15, -0.1) is 0 Å². The van der Waals surface area contributed by atoms with E-state index in [1.807, 2.05) is 54.3 Å². The maximum Gasteiger partial charge on any atom is 0.257 e. The molecule has 4 rings (SSSR count). The zero-order valence-corrected chi connectivity index (χ0v) is 15.9. The average molecular weight is 360 g/mol. The highest BCUT2D eigenvalue weighted by Gasteiger charge is 2.16. The van der Waals surface area contributed by atoms with Crippen molar-refractivity contribution in [2.75, 3.05) is 26.0 Å². The van der Waals surface area contributed by atoms with Crippen LogP contribution >= 0.6 is 0 Å². The Balaban J connectivity index is 1.71. The Bertz CT molecular complexity index is 1120. The van der Waals surface area contributed by atoms with Gasteiger partial charge in [0.05, 0.1) is 16.8 Å². The molecule has 5 nitrogen and oxygen atoms in total. The van der Waals surface area contributed by atoms with Gasteiger partial charge in [-0.05, 0) is 32.3 Å². The first-order valence-electron chi connectivity index (χ1n) is 9.12. The summed E-state index contributed by atoms with van der Waals surface area (Å²) in [6.07, 6.45) is 3.97. The fraction of sp³-hybridized carbons (Fsp3) is 0.227. The van der Waals surface area contributed by atoms with Crippen molar-refractivity contribution < 1.29 is 4.79 Å². The zero-order chi connectivity index (χ0) is 19.0. The molecule has 27 heavy (non-hydrogen) atoms. The molecule has 4 aromatic rings. The zero-order valence-electron chi connectivity index (χ0n) is 15.9. The smallest absolute Gasteiger partial charge is 0.257 e. The van der Waals surface area contributed by atoms with E-state index in [2.05, 4.69) is 47.1 Å². The second-order valence-electron chi connectivity index (χ2n) is 7.18. The van der Waals surface area contributed by atoms with Gasteiger partial charge in [-0.3, -0.25) is 4.79 Å². The molecule has 0 atom stereocenters. The van der Waals surface area contributed by atoms with Crippen LogP contribution in [0.3, 0.4) is 0 Å². The molecule has 0 unspecified atom stereocenters. The standard InChI is InChI=1S/C22H24N4O/c1-24(2)13-14-26-15-18(17-8-4-5-10-20(17)26)22(27)23-19-9-6-7-16-11-12-25(3)21(16)19/h4-12,15H,13-14H2,1-3H3,(H,23,27). The van der Waals surface area contributed by atoms with Crippen molar-refractivity contribution in [3.8, 4) is 0 Å². The molecule has 2 heterocycles. The highest BCUT2D eigenvalue weighted by Crippen LogP contribution is 2.26. The molecular formula is C22H24N4O. The number of aromatic nitrogens is 2. The lowest BCUT2D eigenvalue weighted by molar-refractivity contribution is 0.102. The van der Waals surface area contributed by atoms with Gasteiger partial charge in [-0.25, -0.2) is 0 Å². The molecule has 0 spiro atoms. The minimum atomic E-state index is -0.0801. The van der Waals surface area contributed by atoms with Crippen LogP contribution in [0.15, 0.2) is 60.9 Å². The lowest BCUT2D eigenvalue weighted by Crippen LogP contribution is -2.18. The van der Waals surface area contributed by atoms with Crippen LogP contribution in [0.25, 0.3) is 21.8 Å². The first-order chi connectivity index (χ1) is 13.0. The van der Waals surface area contributed by atoms with E-state index >= 15 is 0 Å². The van der Waals surface area contributed by atoms with Gasteiger partial charge < -0.3 is 19.4 Å². The van der Waals surface area contributed by atoms with Gasteiger partial charge in [0.1, 0.15) is 0 Å². The van der Waals surface area contributed by atoms with Gasteiger partial charge in [0.15, 0.2) is 0 Å². The molecule has 0 aliphatic rings. The predicted molar refractivity (Wildman–Crippen MR) is 111 cm³/mol. The summed E-state index contributed by atoms with van der Waals surface area (Å²) in [4.78, 5) is 15.3. The number of nitrogens with one attached hydrogen (secondary N) is 1. The Hall–Kier alpha value is -3.05. The summed E-state index contributed by atoms with van der Waals surface area (Å²) >= 11 is 0.